The van der Waals surface area contributed by atoms with E-state index in [9.17, 15) is 4.79 Å². The Balaban J connectivity index is 2.25. The average molecular weight is 267 g/mol. The quantitative estimate of drug-likeness (QED) is 0.920. The number of aryl methyl sites for hydroxylation is 2. The van der Waals surface area contributed by atoms with Crippen molar-refractivity contribution in [1.29, 1.82) is 0 Å². The van der Waals surface area contributed by atoms with E-state index in [1.54, 1.807) is 13.1 Å². The minimum absolute atomic E-state index is 0.271. The number of carbonyl (C=O) groups is 1. The van der Waals surface area contributed by atoms with E-state index in [2.05, 4.69) is 15.2 Å². The van der Waals surface area contributed by atoms with Gasteiger partial charge >= 0.3 is 5.97 Å². The molecule has 0 spiro atoms. The number of aromatic carboxylic acids is 1. The topological polar surface area (TPSA) is 76.0 Å². The first-order valence-electron chi connectivity index (χ1n) is 4.74. The molecule has 0 aliphatic heterocycles. The molecule has 0 fully saturated rings. The van der Waals surface area contributed by atoms with E-state index in [0.717, 1.165) is 21.9 Å². The molecular weight excluding hydrogens is 258 g/mol. The first-order valence-corrected chi connectivity index (χ1v) is 6.37. The smallest absolute Gasteiger partial charge is 0.347 e. The third-order valence-corrected chi connectivity index (χ3v) is 4.05. The summed E-state index contributed by atoms with van der Waals surface area (Å²) in [4.78, 5) is 15.3. The molecule has 17 heavy (non-hydrogen) atoms. The highest BCUT2D eigenvalue weighted by atomic mass is 32.2. The minimum atomic E-state index is -0.942. The van der Waals surface area contributed by atoms with Crippen LogP contribution in [0, 0.1) is 13.8 Å². The van der Waals surface area contributed by atoms with Crippen LogP contribution in [0.2, 0.25) is 0 Å². The van der Waals surface area contributed by atoms with Gasteiger partial charge in [-0.2, -0.15) is 5.10 Å². The fourth-order valence-corrected chi connectivity index (χ4v) is 3.20. The SMILES string of the molecule is Cc1cnnc(Sc2nc(C)c(C(=O)O)s2)c1. The second kappa shape index (κ2) is 4.80. The Morgan fingerprint density at radius 2 is 2.24 bits per heavy atom. The summed E-state index contributed by atoms with van der Waals surface area (Å²) in [6.07, 6.45) is 1.67. The van der Waals surface area contributed by atoms with Gasteiger partial charge in [0.25, 0.3) is 0 Å². The maximum Gasteiger partial charge on any atom is 0.347 e. The third kappa shape index (κ3) is 2.80. The van der Waals surface area contributed by atoms with Crippen molar-refractivity contribution >= 4 is 29.1 Å². The Morgan fingerprint density at radius 1 is 1.47 bits per heavy atom. The van der Waals surface area contributed by atoms with E-state index in [0.29, 0.717) is 10.0 Å². The van der Waals surface area contributed by atoms with E-state index < -0.39 is 5.97 Å². The first-order chi connectivity index (χ1) is 8.06. The second-order valence-corrected chi connectivity index (χ2v) is 5.64. The summed E-state index contributed by atoms with van der Waals surface area (Å²) in [6.45, 7) is 3.61. The Morgan fingerprint density at radius 3 is 2.82 bits per heavy atom. The molecule has 1 N–H and O–H groups in total. The van der Waals surface area contributed by atoms with Gasteiger partial charge in [-0.3, -0.25) is 0 Å². The number of rotatable bonds is 3. The molecule has 2 aromatic rings. The lowest BCUT2D eigenvalue weighted by Crippen LogP contribution is -1.94. The number of hydrogen-bond donors (Lipinski definition) is 1. The lowest BCUT2D eigenvalue weighted by Gasteiger charge is -1.95. The predicted octanol–water partition coefficient (Wildman–Crippen LogP) is 2.40. The Hall–Kier alpha value is -1.47. The molecule has 7 heteroatoms. The highest BCUT2D eigenvalue weighted by Crippen LogP contribution is 2.31. The van der Waals surface area contributed by atoms with Gasteiger partial charge in [0.05, 0.1) is 11.9 Å². The van der Waals surface area contributed by atoms with Crippen LogP contribution in [0.3, 0.4) is 0 Å². The van der Waals surface area contributed by atoms with Crippen molar-refractivity contribution in [2.75, 3.05) is 0 Å². The van der Waals surface area contributed by atoms with E-state index in [1.165, 1.54) is 11.8 Å². The standard InChI is InChI=1S/C10H9N3O2S2/c1-5-3-7(13-11-4-5)16-10-12-6(2)8(17-10)9(14)15/h3-4H,1-2H3,(H,14,15). The molecule has 0 saturated heterocycles. The molecule has 2 rings (SSSR count). The largest absolute Gasteiger partial charge is 0.477 e. The summed E-state index contributed by atoms with van der Waals surface area (Å²) in [5.74, 6) is -0.942. The fraction of sp³-hybridized carbons (Fsp3) is 0.200. The third-order valence-electron chi connectivity index (χ3n) is 1.93. The monoisotopic (exact) mass is 267 g/mol. The summed E-state index contributed by atoms with van der Waals surface area (Å²) in [6, 6.07) is 1.88. The van der Waals surface area contributed by atoms with Crippen LogP contribution in [-0.4, -0.2) is 26.3 Å². The van der Waals surface area contributed by atoms with E-state index in [1.807, 2.05) is 13.0 Å². The van der Waals surface area contributed by atoms with Gasteiger partial charge in [0.15, 0.2) is 4.34 Å². The molecule has 2 heterocycles. The molecule has 0 saturated carbocycles. The van der Waals surface area contributed by atoms with Crippen LogP contribution in [0.15, 0.2) is 21.6 Å². The zero-order valence-electron chi connectivity index (χ0n) is 9.17. The Labute approximate surface area is 106 Å². The van der Waals surface area contributed by atoms with E-state index >= 15 is 0 Å². The van der Waals surface area contributed by atoms with Crippen molar-refractivity contribution in [3.63, 3.8) is 0 Å². The van der Waals surface area contributed by atoms with Crippen molar-refractivity contribution in [2.24, 2.45) is 0 Å². The van der Waals surface area contributed by atoms with Crippen LogP contribution in [0.4, 0.5) is 0 Å². The number of nitrogens with zero attached hydrogens (tertiary/aromatic N) is 3. The lowest BCUT2D eigenvalue weighted by molar-refractivity contribution is 0.0701. The highest BCUT2D eigenvalue weighted by molar-refractivity contribution is 8.01. The zero-order chi connectivity index (χ0) is 12.4. The van der Waals surface area contributed by atoms with Crippen molar-refractivity contribution in [3.8, 4) is 0 Å². The number of carboxylic acids is 1. The number of aromatic nitrogens is 3. The van der Waals surface area contributed by atoms with Gasteiger partial charge in [-0.05, 0) is 37.2 Å². The Kier molecular flexibility index (Phi) is 3.39. The van der Waals surface area contributed by atoms with Crippen LogP contribution < -0.4 is 0 Å². The summed E-state index contributed by atoms with van der Waals surface area (Å²) in [5, 5.41) is 17.4. The maximum absolute atomic E-state index is 10.9. The van der Waals surface area contributed by atoms with E-state index in [-0.39, 0.29) is 4.88 Å². The van der Waals surface area contributed by atoms with Crippen LogP contribution >= 0.6 is 23.1 Å². The maximum atomic E-state index is 10.9. The molecule has 2 aromatic heterocycles. The Bertz CT molecular complexity index is 568. The molecule has 0 aromatic carbocycles. The molecule has 0 radical (unpaired) electrons. The van der Waals surface area contributed by atoms with Crippen LogP contribution in [-0.2, 0) is 0 Å². The number of thiazole rings is 1. The number of hydrogen-bond acceptors (Lipinski definition) is 6. The van der Waals surface area contributed by atoms with Crippen LogP contribution in [0.25, 0.3) is 0 Å². The van der Waals surface area contributed by atoms with Gasteiger partial charge < -0.3 is 5.11 Å². The van der Waals surface area contributed by atoms with Crippen molar-refractivity contribution in [3.05, 3.63) is 28.4 Å². The van der Waals surface area contributed by atoms with Gasteiger partial charge in [-0.25, -0.2) is 9.78 Å². The summed E-state index contributed by atoms with van der Waals surface area (Å²) >= 11 is 2.48. The summed E-state index contributed by atoms with van der Waals surface area (Å²) < 4.78 is 0.666. The molecule has 0 amide bonds. The van der Waals surface area contributed by atoms with Crippen molar-refractivity contribution in [1.82, 2.24) is 15.2 Å². The molecular formula is C10H9N3O2S2. The van der Waals surface area contributed by atoms with Gasteiger partial charge in [0, 0.05) is 0 Å². The van der Waals surface area contributed by atoms with Gasteiger partial charge in [0.1, 0.15) is 9.90 Å². The molecule has 88 valence electrons. The number of carboxylic acid groups (broad SMARTS) is 1. The van der Waals surface area contributed by atoms with Crippen LogP contribution in [0.5, 0.6) is 0 Å². The second-order valence-electron chi connectivity index (χ2n) is 3.37. The lowest BCUT2D eigenvalue weighted by atomic mass is 10.4. The molecule has 0 bridgehead atoms. The zero-order valence-corrected chi connectivity index (χ0v) is 10.8. The first kappa shape index (κ1) is 12.0. The molecule has 0 atom stereocenters. The summed E-state index contributed by atoms with van der Waals surface area (Å²) in [7, 11) is 0. The van der Waals surface area contributed by atoms with E-state index in [4.69, 9.17) is 5.11 Å². The average Bonchev–Trinajstić information content (AvgIpc) is 2.59. The summed E-state index contributed by atoms with van der Waals surface area (Å²) in [5.41, 5.74) is 1.54. The van der Waals surface area contributed by atoms with Gasteiger partial charge in [-0.1, -0.05) is 11.3 Å². The van der Waals surface area contributed by atoms with Crippen LogP contribution in [0.1, 0.15) is 20.9 Å². The van der Waals surface area contributed by atoms with Gasteiger partial charge in [-0.15, -0.1) is 5.10 Å². The molecule has 0 unspecified atom stereocenters. The normalized spacial score (nSPS) is 10.5. The van der Waals surface area contributed by atoms with Gasteiger partial charge in [0.2, 0.25) is 0 Å². The molecule has 0 aliphatic rings. The molecule has 0 aliphatic carbocycles. The van der Waals surface area contributed by atoms with Crippen molar-refractivity contribution < 1.29 is 9.90 Å². The fourth-order valence-electron chi connectivity index (χ4n) is 1.19. The highest BCUT2D eigenvalue weighted by Gasteiger charge is 2.15. The predicted molar refractivity (Wildman–Crippen MR) is 64.7 cm³/mol. The van der Waals surface area contributed by atoms with Crippen molar-refractivity contribution in [2.45, 2.75) is 23.2 Å². The minimum Gasteiger partial charge on any atom is -0.477 e. The molecule has 5 nitrogen and oxygen atoms in total.